The number of carbonyl (C=O) groups excluding carboxylic acids is 2. The molecule has 0 fully saturated rings. The van der Waals surface area contributed by atoms with Crippen LogP contribution in [-0.2, 0) is 4.79 Å². The molecule has 2 heterocycles. The molecule has 2 atom stereocenters. The highest BCUT2D eigenvalue weighted by Gasteiger charge is 2.43. The molecule has 160 valence electrons. The molecule has 0 aliphatic carbocycles. The van der Waals surface area contributed by atoms with Crippen LogP contribution in [0.1, 0.15) is 38.5 Å². The smallest absolute Gasteiger partial charge is 0.254 e. The molecular weight excluding hydrogens is 416 g/mol. The van der Waals surface area contributed by atoms with Crippen LogP contribution in [0.2, 0.25) is 0 Å². The van der Waals surface area contributed by atoms with E-state index in [9.17, 15) is 9.59 Å². The van der Waals surface area contributed by atoms with Crippen molar-refractivity contribution >= 4 is 28.3 Å². The van der Waals surface area contributed by atoms with Crippen LogP contribution in [0.4, 0.5) is 5.13 Å². The van der Waals surface area contributed by atoms with Gasteiger partial charge in [-0.05, 0) is 36.2 Å². The number of methoxy groups -OCH3 is 2. The zero-order valence-corrected chi connectivity index (χ0v) is 18.4. The Bertz CT molecular complexity index is 1150. The van der Waals surface area contributed by atoms with Gasteiger partial charge in [0.05, 0.1) is 26.2 Å². The second-order valence-corrected chi connectivity index (χ2v) is 8.34. The number of aryl methyl sites for hydroxylation is 1. The minimum absolute atomic E-state index is 0.147. The Labute approximate surface area is 183 Å². The highest BCUT2D eigenvalue weighted by Crippen LogP contribution is 2.44. The molecule has 2 amide bonds. The molecule has 3 aromatic rings. The van der Waals surface area contributed by atoms with Crippen LogP contribution < -0.4 is 14.8 Å². The Hall–Kier alpha value is -3.46. The lowest BCUT2D eigenvalue weighted by Gasteiger charge is -2.39. The molecule has 0 saturated heterocycles. The fraction of sp³-hybridized carbons (Fsp3) is 0.273. The number of carbonyl (C=O) groups is 2. The zero-order valence-electron chi connectivity index (χ0n) is 17.6. The van der Waals surface area contributed by atoms with Crippen molar-refractivity contribution in [2.75, 3.05) is 26.6 Å². The number of nitrogens with one attached hydrogen (secondary N) is 1. The Morgan fingerprint density at radius 3 is 2.52 bits per heavy atom. The summed E-state index contributed by atoms with van der Waals surface area (Å²) in [7, 11) is 4.81. The van der Waals surface area contributed by atoms with Crippen molar-refractivity contribution < 1.29 is 19.1 Å². The second-order valence-electron chi connectivity index (χ2n) is 7.16. The second kappa shape index (κ2) is 8.35. The van der Waals surface area contributed by atoms with Crippen molar-refractivity contribution in [1.29, 1.82) is 0 Å². The molecule has 31 heavy (non-hydrogen) atoms. The normalized spacial score (nSPS) is 17.8. The maximum atomic E-state index is 13.5. The van der Waals surface area contributed by atoms with Gasteiger partial charge in [0, 0.05) is 12.6 Å². The number of ether oxygens (including phenoxy) is 2. The van der Waals surface area contributed by atoms with Gasteiger partial charge in [0.25, 0.3) is 5.91 Å². The lowest BCUT2D eigenvalue weighted by atomic mass is 9.79. The highest BCUT2D eigenvalue weighted by molar-refractivity contribution is 7.15. The quantitative estimate of drug-likeness (QED) is 0.656. The number of nitrogens with zero attached hydrogens (tertiary/aromatic N) is 3. The predicted octanol–water partition coefficient (Wildman–Crippen LogP) is 3.41. The molecule has 1 aliphatic heterocycles. The van der Waals surface area contributed by atoms with E-state index < -0.39 is 12.0 Å². The Morgan fingerprint density at radius 1 is 1.10 bits per heavy atom. The topological polar surface area (TPSA) is 93.7 Å². The number of aromatic nitrogens is 2. The van der Waals surface area contributed by atoms with E-state index in [2.05, 4.69) is 15.5 Å². The summed E-state index contributed by atoms with van der Waals surface area (Å²) in [5.74, 6) is 0.0375. The van der Waals surface area contributed by atoms with E-state index >= 15 is 0 Å². The molecule has 8 nitrogen and oxygen atoms in total. The summed E-state index contributed by atoms with van der Waals surface area (Å²) in [5.41, 5.74) is 1.94. The molecular formula is C22H22N4O4S. The Morgan fingerprint density at radius 2 is 1.84 bits per heavy atom. The number of likely N-dealkylation sites (N-methyl/N-ethyl adjacent to an activating group) is 1. The fourth-order valence-corrected chi connectivity index (χ4v) is 4.54. The van der Waals surface area contributed by atoms with Gasteiger partial charge in [-0.25, -0.2) is 0 Å². The molecule has 4 rings (SSSR count). The molecule has 0 bridgehead atoms. The molecule has 0 unspecified atom stereocenters. The summed E-state index contributed by atoms with van der Waals surface area (Å²) in [4.78, 5) is 28.2. The van der Waals surface area contributed by atoms with Crippen LogP contribution in [0, 0.1) is 6.92 Å². The van der Waals surface area contributed by atoms with E-state index in [1.807, 2.05) is 25.1 Å². The van der Waals surface area contributed by atoms with Gasteiger partial charge in [-0.15, -0.1) is 10.2 Å². The van der Waals surface area contributed by atoms with Gasteiger partial charge in [0.1, 0.15) is 5.01 Å². The van der Waals surface area contributed by atoms with Gasteiger partial charge >= 0.3 is 0 Å². The summed E-state index contributed by atoms with van der Waals surface area (Å²) in [6.07, 6.45) is 0. The van der Waals surface area contributed by atoms with Gasteiger partial charge in [-0.2, -0.15) is 0 Å². The van der Waals surface area contributed by atoms with Gasteiger partial charge in [-0.3, -0.25) is 14.9 Å². The van der Waals surface area contributed by atoms with Crippen molar-refractivity contribution in [3.8, 4) is 11.5 Å². The first-order valence-electron chi connectivity index (χ1n) is 9.63. The molecule has 1 aliphatic rings. The molecule has 9 heteroatoms. The van der Waals surface area contributed by atoms with Crippen molar-refractivity contribution in [2.45, 2.75) is 18.9 Å². The van der Waals surface area contributed by atoms with E-state index in [0.29, 0.717) is 27.8 Å². The fourth-order valence-electron chi connectivity index (χ4n) is 3.94. The van der Waals surface area contributed by atoms with E-state index in [1.165, 1.54) is 11.3 Å². The first kappa shape index (κ1) is 20.8. The van der Waals surface area contributed by atoms with E-state index in [0.717, 1.165) is 10.6 Å². The average molecular weight is 439 g/mol. The number of amides is 2. The van der Waals surface area contributed by atoms with Crippen LogP contribution in [0.5, 0.6) is 11.5 Å². The maximum Gasteiger partial charge on any atom is 0.254 e. The number of benzene rings is 2. The summed E-state index contributed by atoms with van der Waals surface area (Å²) in [6, 6.07) is 12.1. The van der Waals surface area contributed by atoms with Crippen molar-refractivity contribution in [2.24, 2.45) is 0 Å². The zero-order chi connectivity index (χ0) is 22.1. The predicted molar refractivity (Wildman–Crippen MR) is 117 cm³/mol. The van der Waals surface area contributed by atoms with Crippen molar-refractivity contribution in [3.05, 3.63) is 64.2 Å². The average Bonchev–Trinajstić information content (AvgIpc) is 3.19. The van der Waals surface area contributed by atoms with Crippen molar-refractivity contribution in [1.82, 2.24) is 15.1 Å². The maximum absolute atomic E-state index is 13.5. The van der Waals surface area contributed by atoms with Gasteiger partial charge < -0.3 is 14.4 Å². The number of hydrogen-bond acceptors (Lipinski definition) is 7. The summed E-state index contributed by atoms with van der Waals surface area (Å²) < 4.78 is 10.8. The first-order valence-corrected chi connectivity index (χ1v) is 10.4. The van der Waals surface area contributed by atoms with Gasteiger partial charge in [0.15, 0.2) is 11.5 Å². The summed E-state index contributed by atoms with van der Waals surface area (Å²) in [6.45, 7) is 1.82. The number of anilines is 1. The van der Waals surface area contributed by atoms with E-state index in [4.69, 9.17) is 9.47 Å². The summed E-state index contributed by atoms with van der Waals surface area (Å²) in [5, 5.41) is 12.0. The number of fused-ring (bicyclic) bond motifs is 1. The molecule has 0 radical (unpaired) electrons. The standard InChI is InChI=1S/C22H22N4O4S/c1-12-24-25-22(31-12)23-20(27)18-14-7-5-6-8-15(14)21(28)26(2)19(18)13-9-10-16(29-3)17(11-13)30-4/h5-11,18-19H,1-4H3,(H,23,25,27)/t18-,19-/m0/s1. The Kier molecular flexibility index (Phi) is 5.60. The number of hydrogen-bond donors (Lipinski definition) is 1. The van der Waals surface area contributed by atoms with Crippen LogP contribution >= 0.6 is 11.3 Å². The third kappa shape index (κ3) is 3.72. The lowest BCUT2D eigenvalue weighted by molar-refractivity contribution is -0.119. The monoisotopic (exact) mass is 438 g/mol. The Balaban J connectivity index is 1.83. The molecule has 2 aromatic carbocycles. The van der Waals surface area contributed by atoms with E-state index in [-0.39, 0.29) is 11.8 Å². The SMILES string of the molecule is COc1ccc([C@H]2[C@@H](C(=O)Nc3nnc(C)s3)c3ccccc3C(=O)N2C)cc1OC. The summed E-state index contributed by atoms with van der Waals surface area (Å²) >= 11 is 1.30. The minimum atomic E-state index is -0.652. The molecule has 1 aromatic heterocycles. The third-order valence-corrected chi connectivity index (χ3v) is 6.12. The minimum Gasteiger partial charge on any atom is -0.493 e. The van der Waals surface area contributed by atoms with Crippen LogP contribution in [0.25, 0.3) is 0 Å². The van der Waals surface area contributed by atoms with Gasteiger partial charge in [-0.1, -0.05) is 35.6 Å². The molecule has 0 spiro atoms. The van der Waals surface area contributed by atoms with E-state index in [1.54, 1.807) is 50.4 Å². The van der Waals surface area contributed by atoms with Crippen LogP contribution in [-0.4, -0.2) is 48.2 Å². The van der Waals surface area contributed by atoms with Crippen LogP contribution in [0.15, 0.2) is 42.5 Å². The highest BCUT2D eigenvalue weighted by atomic mass is 32.1. The largest absolute Gasteiger partial charge is 0.493 e. The number of rotatable bonds is 5. The third-order valence-electron chi connectivity index (χ3n) is 5.37. The first-order chi connectivity index (χ1) is 14.9. The van der Waals surface area contributed by atoms with Gasteiger partial charge in [0.2, 0.25) is 11.0 Å². The molecule has 1 N–H and O–H groups in total. The molecule has 0 saturated carbocycles. The van der Waals surface area contributed by atoms with Crippen molar-refractivity contribution in [3.63, 3.8) is 0 Å². The van der Waals surface area contributed by atoms with Crippen LogP contribution in [0.3, 0.4) is 0 Å². The lowest BCUT2D eigenvalue weighted by Crippen LogP contribution is -2.44.